The first-order valence-corrected chi connectivity index (χ1v) is 7.71. The van der Waals surface area contributed by atoms with Gasteiger partial charge in [-0.2, -0.15) is 13.5 Å². The first kappa shape index (κ1) is 20.8. The standard InChI is InChI=1S/C12H18N4O2.H2O4S/c1-9(2)10-3-5-11(6-4-10)18-8-7-14-15-12(13)16-17;1-5(2,3)4/h3-7,9,17H,8H2,1-2H3,(H3,13,15,16);(H2,1,2,3,4)/b14-7+;. The molecule has 0 aliphatic heterocycles. The molecule has 10 nitrogen and oxygen atoms in total. The number of nitrogens with zero attached hydrogens (tertiary/aromatic N) is 2. The number of nitrogens with one attached hydrogen (secondary N) is 1. The van der Waals surface area contributed by atoms with E-state index in [9.17, 15) is 0 Å². The highest BCUT2D eigenvalue weighted by Gasteiger charge is 1.98. The van der Waals surface area contributed by atoms with E-state index in [1.807, 2.05) is 24.3 Å². The number of hydrogen-bond donors (Lipinski definition) is 5. The highest BCUT2D eigenvalue weighted by molar-refractivity contribution is 7.79. The lowest BCUT2D eigenvalue weighted by Gasteiger charge is -2.06. The van der Waals surface area contributed by atoms with Crippen molar-refractivity contribution in [1.82, 2.24) is 5.48 Å². The zero-order chi connectivity index (χ0) is 17.9. The maximum absolute atomic E-state index is 8.74. The zero-order valence-electron chi connectivity index (χ0n) is 12.6. The van der Waals surface area contributed by atoms with E-state index in [2.05, 4.69) is 24.1 Å². The largest absolute Gasteiger partial charge is 0.488 e. The Balaban J connectivity index is 0.000000841. The third-order valence-corrected chi connectivity index (χ3v) is 2.23. The molecule has 0 atom stereocenters. The van der Waals surface area contributed by atoms with Crippen molar-refractivity contribution in [3.63, 3.8) is 0 Å². The normalized spacial score (nSPS) is 12.0. The van der Waals surface area contributed by atoms with E-state index in [0.29, 0.717) is 5.92 Å². The van der Waals surface area contributed by atoms with Crippen LogP contribution in [0.25, 0.3) is 0 Å². The van der Waals surface area contributed by atoms with Crippen LogP contribution in [0.1, 0.15) is 25.3 Å². The highest BCUT2D eigenvalue weighted by Crippen LogP contribution is 2.18. The lowest BCUT2D eigenvalue weighted by molar-refractivity contribution is 0.232. The fraction of sp³-hybridized carbons (Fsp3) is 0.333. The number of rotatable bonds is 5. The van der Waals surface area contributed by atoms with Crippen LogP contribution in [0.4, 0.5) is 0 Å². The van der Waals surface area contributed by atoms with Gasteiger partial charge in [-0.3, -0.25) is 14.3 Å². The number of ether oxygens (including phenoxy) is 1. The van der Waals surface area contributed by atoms with E-state index in [1.54, 1.807) is 5.48 Å². The maximum Gasteiger partial charge on any atom is 0.394 e. The van der Waals surface area contributed by atoms with Gasteiger partial charge >= 0.3 is 10.4 Å². The van der Waals surface area contributed by atoms with E-state index in [0.717, 1.165) is 5.75 Å². The van der Waals surface area contributed by atoms with Crippen molar-refractivity contribution in [3.05, 3.63) is 29.8 Å². The quantitative estimate of drug-likeness (QED) is 0.225. The zero-order valence-corrected chi connectivity index (χ0v) is 13.4. The molecule has 6 N–H and O–H groups in total. The lowest BCUT2D eigenvalue weighted by atomic mass is 10.0. The number of benzene rings is 1. The van der Waals surface area contributed by atoms with Gasteiger partial charge in [-0.1, -0.05) is 26.0 Å². The number of nitrogens with two attached hydrogens (primary N) is 1. The van der Waals surface area contributed by atoms with Crippen molar-refractivity contribution in [1.29, 1.82) is 0 Å². The molecule has 0 spiro atoms. The second-order valence-electron chi connectivity index (χ2n) is 4.38. The summed E-state index contributed by atoms with van der Waals surface area (Å²) in [6.45, 7) is 4.56. The molecule has 1 aromatic carbocycles. The molecule has 23 heavy (non-hydrogen) atoms. The second-order valence-corrected chi connectivity index (χ2v) is 5.27. The molecule has 0 aromatic heterocycles. The maximum atomic E-state index is 8.74. The Bertz CT molecular complexity index is 605. The molecule has 11 heteroatoms. The first-order valence-electron chi connectivity index (χ1n) is 6.31. The lowest BCUT2D eigenvalue weighted by Crippen LogP contribution is -2.27. The van der Waals surface area contributed by atoms with Crippen LogP contribution in [0.2, 0.25) is 0 Å². The molecule has 130 valence electrons. The first-order chi connectivity index (χ1) is 10.6. The van der Waals surface area contributed by atoms with Crippen LogP contribution in [0.15, 0.2) is 34.5 Å². The molecule has 0 heterocycles. The van der Waals surface area contributed by atoms with Crippen molar-refractivity contribution < 1.29 is 27.5 Å². The fourth-order valence-electron chi connectivity index (χ4n) is 1.24. The van der Waals surface area contributed by atoms with Gasteiger partial charge in [0, 0.05) is 0 Å². The molecule has 0 bridgehead atoms. The van der Waals surface area contributed by atoms with Gasteiger partial charge in [-0.05, 0) is 23.6 Å². The van der Waals surface area contributed by atoms with Gasteiger partial charge in [0.15, 0.2) is 0 Å². The van der Waals surface area contributed by atoms with E-state index >= 15 is 0 Å². The van der Waals surface area contributed by atoms with Crippen molar-refractivity contribution in [2.24, 2.45) is 15.9 Å². The van der Waals surface area contributed by atoms with Crippen LogP contribution in [0.3, 0.4) is 0 Å². The van der Waals surface area contributed by atoms with E-state index < -0.39 is 10.4 Å². The summed E-state index contributed by atoms with van der Waals surface area (Å²) in [7, 11) is -4.67. The highest BCUT2D eigenvalue weighted by atomic mass is 32.3. The summed E-state index contributed by atoms with van der Waals surface area (Å²) < 4.78 is 37.0. The Morgan fingerprint density at radius 2 is 1.87 bits per heavy atom. The summed E-state index contributed by atoms with van der Waals surface area (Å²) in [6, 6.07) is 7.89. The Kier molecular flexibility index (Phi) is 9.50. The molecule has 0 saturated heterocycles. The summed E-state index contributed by atoms with van der Waals surface area (Å²) in [5.74, 6) is 1.10. The predicted octanol–water partition coefficient (Wildman–Crippen LogP) is 0.815. The summed E-state index contributed by atoms with van der Waals surface area (Å²) in [6.07, 6.45) is 1.44. The van der Waals surface area contributed by atoms with Crippen LogP contribution in [0.5, 0.6) is 5.75 Å². The van der Waals surface area contributed by atoms with Crippen molar-refractivity contribution in [3.8, 4) is 5.75 Å². The van der Waals surface area contributed by atoms with Crippen LogP contribution in [0, 0.1) is 0 Å². The van der Waals surface area contributed by atoms with Crippen LogP contribution in [-0.4, -0.2) is 41.5 Å². The molecule has 0 radical (unpaired) electrons. The minimum absolute atomic E-state index is 0.174. The number of guanidine groups is 1. The minimum atomic E-state index is -4.67. The van der Waals surface area contributed by atoms with Gasteiger partial charge in [-0.15, -0.1) is 5.10 Å². The Hall–Kier alpha value is -2.21. The average molecular weight is 348 g/mol. The Morgan fingerprint density at radius 1 is 1.35 bits per heavy atom. The molecule has 0 aliphatic rings. The smallest absolute Gasteiger partial charge is 0.394 e. The van der Waals surface area contributed by atoms with Crippen molar-refractivity contribution >= 4 is 22.6 Å². The molecule has 1 rings (SSSR count). The van der Waals surface area contributed by atoms with Crippen LogP contribution >= 0.6 is 0 Å². The molecule has 0 fully saturated rings. The predicted molar refractivity (Wildman–Crippen MR) is 85.2 cm³/mol. The molecule has 0 saturated carbocycles. The average Bonchev–Trinajstić information content (AvgIpc) is 2.45. The minimum Gasteiger partial charge on any atom is -0.488 e. The summed E-state index contributed by atoms with van der Waals surface area (Å²) in [5.41, 5.74) is 8.08. The summed E-state index contributed by atoms with van der Waals surface area (Å²) >= 11 is 0. The summed E-state index contributed by atoms with van der Waals surface area (Å²) in [4.78, 5) is 0. The van der Waals surface area contributed by atoms with Gasteiger partial charge < -0.3 is 10.5 Å². The van der Waals surface area contributed by atoms with Crippen LogP contribution in [-0.2, 0) is 10.4 Å². The third-order valence-electron chi connectivity index (χ3n) is 2.23. The number of hydrogen-bond acceptors (Lipinski definition) is 6. The Labute approximate surface area is 134 Å². The van der Waals surface area contributed by atoms with Crippen molar-refractivity contribution in [2.75, 3.05) is 6.61 Å². The van der Waals surface area contributed by atoms with E-state index in [4.69, 9.17) is 33.2 Å². The molecule has 0 unspecified atom stereocenters. The van der Waals surface area contributed by atoms with Gasteiger partial charge in [-0.25, -0.2) is 5.48 Å². The molecule has 1 aromatic rings. The van der Waals surface area contributed by atoms with E-state index in [1.165, 1.54) is 11.8 Å². The Morgan fingerprint density at radius 3 is 2.30 bits per heavy atom. The van der Waals surface area contributed by atoms with Gasteiger partial charge in [0.25, 0.3) is 0 Å². The van der Waals surface area contributed by atoms with Gasteiger partial charge in [0.2, 0.25) is 5.96 Å². The van der Waals surface area contributed by atoms with E-state index in [-0.39, 0.29) is 12.6 Å². The molecular formula is C12H20N4O6S. The number of hydroxylamine groups is 1. The monoisotopic (exact) mass is 348 g/mol. The molecule has 0 amide bonds. The van der Waals surface area contributed by atoms with Gasteiger partial charge in [0.1, 0.15) is 12.4 Å². The SMILES string of the molecule is CC(C)c1ccc(OC/C=N/N=C(/N)NO)cc1.O=S(=O)(O)O. The fourth-order valence-corrected chi connectivity index (χ4v) is 1.24. The molecular weight excluding hydrogens is 328 g/mol. The summed E-state index contributed by atoms with van der Waals surface area (Å²) in [5, 5.41) is 15.4. The van der Waals surface area contributed by atoms with Gasteiger partial charge in [0.05, 0.1) is 6.21 Å². The third kappa shape index (κ3) is 13.2. The van der Waals surface area contributed by atoms with Crippen LogP contribution < -0.4 is 16.0 Å². The topological polar surface area (TPSA) is 167 Å². The molecule has 0 aliphatic carbocycles. The van der Waals surface area contributed by atoms with Crippen molar-refractivity contribution in [2.45, 2.75) is 19.8 Å². The second kappa shape index (κ2) is 10.5.